The topological polar surface area (TPSA) is 26.3 Å². The number of esters is 1. The zero-order valence-electron chi connectivity index (χ0n) is 9.13. The van der Waals surface area contributed by atoms with E-state index in [-0.39, 0.29) is 11.6 Å². The third-order valence-electron chi connectivity index (χ3n) is 4.30. The number of fused-ring (bicyclic) bond motifs is 1. The minimum Gasteiger partial charge on any atom is -0.454 e. The van der Waals surface area contributed by atoms with Crippen LogP contribution in [0, 0.1) is 5.92 Å². The Morgan fingerprint density at radius 3 is 3.07 bits per heavy atom. The van der Waals surface area contributed by atoms with E-state index in [1.807, 2.05) is 0 Å². The lowest BCUT2D eigenvalue weighted by molar-refractivity contribution is -0.147. The Morgan fingerprint density at radius 1 is 1.33 bits per heavy atom. The largest absolute Gasteiger partial charge is 0.454 e. The van der Waals surface area contributed by atoms with E-state index < -0.39 is 0 Å². The molecule has 15 heavy (non-hydrogen) atoms. The van der Waals surface area contributed by atoms with Gasteiger partial charge in [0.1, 0.15) is 5.60 Å². The first-order valence-corrected chi connectivity index (χ1v) is 6.23. The quantitative estimate of drug-likeness (QED) is 0.487. The molecule has 1 heterocycles. The van der Waals surface area contributed by atoms with Gasteiger partial charge in [-0.25, -0.2) is 0 Å². The van der Waals surface area contributed by atoms with Crippen molar-refractivity contribution >= 4 is 5.97 Å². The molecule has 1 aliphatic heterocycles. The highest BCUT2D eigenvalue weighted by Gasteiger charge is 2.52. The Morgan fingerprint density at radius 2 is 2.27 bits per heavy atom. The van der Waals surface area contributed by atoms with Gasteiger partial charge in [0, 0.05) is 5.92 Å². The molecule has 0 aromatic heterocycles. The van der Waals surface area contributed by atoms with Crippen LogP contribution in [-0.2, 0) is 9.53 Å². The Labute approximate surface area is 90.7 Å². The van der Waals surface area contributed by atoms with Gasteiger partial charge in [-0.1, -0.05) is 12.5 Å². The fourth-order valence-corrected chi connectivity index (χ4v) is 3.61. The molecular formula is C13H18O2. The van der Waals surface area contributed by atoms with Gasteiger partial charge >= 0.3 is 5.97 Å². The highest BCUT2D eigenvalue weighted by atomic mass is 16.6. The molecule has 0 amide bonds. The van der Waals surface area contributed by atoms with Gasteiger partial charge in [0.2, 0.25) is 0 Å². The van der Waals surface area contributed by atoms with E-state index in [1.54, 1.807) is 0 Å². The summed E-state index contributed by atoms with van der Waals surface area (Å²) in [6.45, 7) is 0. The summed E-state index contributed by atoms with van der Waals surface area (Å²) in [6, 6.07) is 0. The van der Waals surface area contributed by atoms with Gasteiger partial charge in [-0.05, 0) is 44.1 Å². The first-order valence-electron chi connectivity index (χ1n) is 6.23. The maximum absolute atomic E-state index is 11.5. The standard InChI is InChI=1S/C13H18O2/c14-12-9-11-7-3-4-8-13(11,15-12)10-5-1-2-6-10/h5,11H,1-4,6-9H2/t11-,13+/m1/s1. The van der Waals surface area contributed by atoms with Crippen LogP contribution in [0.25, 0.3) is 0 Å². The first kappa shape index (κ1) is 9.44. The van der Waals surface area contributed by atoms with Gasteiger partial charge in [-0.2, -0.15) is 0 Å². The van der Waals surface area contributed by atoms with Crippen molar-refractivity contribution < 1.29 is 9.53 Å². The smallest absolute Gasteiger partial charge is 0.307 e. The number of hydrogen-bond acceptors (Lipinski definition) is 2. The van der Waals surface area contributed by atoms with Gasteiger partial charge in [0.05, 0.1) is 6.42 Å². The molecule has 0 N–H and O–H groups in total. The van der Waals surface area contributed by atoms with Crippen molar-refractivity contribution in [3.63, 3.8) is 0 Å². The molecule has 0 unspecified atom stereocenters. The summed E-state index contributed by atoms with van der Waals surface area (Å²) in [5.74, 6) is 0.526. The predicted octanol–water partition coefficient (Wildman–Crippen LogP) is 2.97. The van der Waals surface area contributed by atoms with Gasteiger partial charge in [0.15, 0.2) is 0 Å². The van der Waals surface area contributed by atoms with Gasteiger partial charge < -0.3 is 4.74 Å². The van der Waals surface area contributed by atoms with Gasteiger partial charge in [-0.15, -0.1) is 0 Å². The summed E-state index contributed by atoms with van der Waals surface area (Å²) in [5.41, 5.74) is 1.30. The lowest BCUT2D eigenvalue weighted by Gasteiger charge is -2.38. The Bertz CT molecular complexity index is 318. The SMILES string of the molecule is O=C1C[C@H]2CCCC[C@@]2(C2=CCCC2)O1. The molecule has 2 heteroatoms. The van der Waals surface area contributed by atoms with Crippen LogP contribution in [0.4, 0.5) is 0 Å². The van der Waals surface area contributed by atoms with Crippen LogP contribution >= 0.6 is 0 Å². The minimum absolute atomic E-state index is 0.0368. The third kappa shape index (κ3) is 1.34. The van der Waals surface area contributed by atoms with Crippen molar-refractivity contribution in [2.75, 3.05) is 0 Å². The van der Waals surface area contributed by atoms with E-state index in [9.17, 15) is 4.79 Å². The van der Waals surface area contributed by atoms with E-state index in [4.69, 9.17) is 4.74 Å². The average molecular weight is 206 g/mol. The Kier molecular flexibility index (Phi) is 2.11. The molecule has 0 radical (unpaired) electrons. The van der Waals surface area contributed by atoms with Crippen molar-refractivity contribution in [3.05, 3.63) is 11.6 Å². The molecule has 2 aliphatic carbocycles. The average Bonchev–Trinajstić information content (AvgIpc) is 2.82. The molecule has 1 saturated carbocycles. The summed E-state index contributed by atoms with van der Waals surface area (Å²) in [5, 5.41) is 0. The summed E-state index contributed by atoms with van der Waals surface area (Å²) < 4.78 is 5.73. The molecule has 2 fully saturated rings. The monoisotopic (exact) mass is 206 g/mol. The second kappa shape index (κ2) is 3.36. The highest BCUT2D eigenvalue weighted by Crippen LogP contribution is 2.50. The summed E-state index contributed by atoms with van der Waals surface area (Å²) in [4.78, 5) is 11.5. The Hall–Kier alpha value is -0.790. The van der Waals surface area contributed by atoms with Crippen LogP contribution in [0.3, 0.4) is 0 Å². The van der Waals surface area contributed by atoms with Crippen LogP contribution in [0.2, 0.25) is 0 Å². The van der Waals surface area contributed by atoms with Gasteiger partial charge in [-0.3, -0.25) is 4.79 Å². The van der Waals surface area contributed by atoms with Crippen LogP contribution in [0.15, 0.2) is 11.6 Å². The van der Waals surface area contributed by atoms with Crippen LogP contribution in [-0.4, -0.2) is 11.6 Å². The summed E-state index contributed by atoms with van der Waals surface area (Å²) in [6.07, 6.45) is 11.3. The number of carbonyl (C=O) groups excluding carboxylic acids is 1. The molecule has 2 atom stereocenters. The lowest BCUT2D eigenvalue weighted by atomic mass is 9.71. The zero-order valence-corrected chi connectivity index (χ0v) is 9.13. The van der Waals surface area contributed by atoms with Crippen molar-refractivity contribution in [1.29, 1.82) is 0 Å². The second-order valence-electron chi connectivity index (χ2n) is 5.13. The molecule has 0 bridgehead atoms. The maximum atomic E-state index is 11.5. The maximum Gasteiger partial charge on any atom is 0.307 e. The molecule has 1 saturated heterocycles. The minimum atomic E-state index is -0.147. The van der Waals surface area contributed by atoms with Gasteiger partial charge in [0.25, 0.3) is 0 Å². The number of rotatable bonds is 1. The summed E-state index contributed by atoms with van der Waals surface area (Å²) >= 11 is 0. The second-order valence-corrected chi connectivity index (χ2v) is 5.13. The van der Waals surface area contributed by atoms with E-state index in [1.165, 1.54) is 37.7 Å². The van der Waals surface area contributed by atoms with Crippen LogP contribution in [0.5, 0.6) is 0 Å². The normalized spacial score (nSPS) is 39.9. The first-order chi connectivity index (χ1) is 7.31. The van der Waals surface area contributed by atoms with E-state index >= 15 is 0 Å². The number of allylic oxidation sites excluding steroid dienone is 1. The van der Waals surface area contributed by atoms with E-state index in [0.717, 1.165) is 12.8 Å². The molecule has 2 nitrogen and oxygen atoms in total. The molecule has 3 aliphatic rings. The van der Waals surface area contributed by atoms with Crippen molar-refractivity contribution in [2.24, 2.45) is 5.92 Å². The third-order valence-corrected chi connectivity index (χ3v) is 4.30. The molecule has 3 rings (SSSR count). The summed E-state index contributed by atoms with van der Waals surface area (Å²) in [7, 11) is 0. The fraction of sp³-hybridized carbons (Fsp3) is 0.769. The highest BCUT2D eigenvalue weighted by molar-refractivity contribution is 5.74. The van der Waals surface area contributed by atoms with Crippen molar-refractivity contribution in [3.8, 4) is 0 Å². The number of ether oxygens (including phenoxy) is 1. The predicted molar refractivity (Wildman–Crippen MR) is 57.3 cm³/mol. The molecule has 0 aromatic carbocycles. The zero-order chi connectivity index (χ0) is 10.3. The number of hydrogen-bond donors (Lipinski definition) is 0. The van der Waals surface area contributed by atoms with Crippen LogP contribution in [0.1, 0.15) is 51.4 Å². The van der Waals surface area contributed by atoms with E-state index in [2.05, 4.69) is 6.08 Å². The van der Waals surface area contributed by atoms with Crippen molar-refractivity contribution in [1.82, 2.24) is 0 Å². The van der Waals surface area contributed by atoms with Crippen molar-refractivity contribution in [2.45, 2.75) is 57.0 Å². The fourth-order valence-electron chi connectivity index (χ4n) is 3.61. The van der Waals surface area contributed by atoms with Crippen LogP contribution < -0.4 is 0 Å². The Balaban J connectivity index is 1.94. The number of carbonyl (C=O) groups is 1. The lowest BCUT2D eigenvalue weighted by Crippen LogP contribution is -2.39. The molecule has 0 aromatic rings. The molecule has 82 valence electrons. The van der Waals surface area contributed by atoms with E-state index in [0.29, 0.717) is 12.3 Å². The molecular weight excluding hydrogens is 188 g/mol. The molecule has 0 spiro atoms.